The molecule has 0 saturated heterocycles. The van der Waals surface area contributed by atoms with Crippen molar-refractivity contribution in [1.82, 2.24) is 19.7 Å². The van der Waals surface area contributed by atoms with E-state index in [2.05, 4.69) is 21.0 Å². The first-order valence-electron chi connectivity index (χ1n) is 8.70. The minimum atomic E-state index is -0.278. The number of terminal acetylenes is 1. The van der Waals surface area contributed by atoms with E-state index in [0.717, 1.165) is 22.4 Å². The number of ether oxygens (including phenoxy) is 1. The van der Waals surface area contributed by atoms with Crippen molar-refractivity contribution in [2.75, 3.05) is 23.8 Å². The molecule has 1 aliphatic rings. The van der Waals surface area contributed by atoms with Gasteiger partial charge in [0.05, 0.1) is 12.7 Å². The van der Waals surface area contributed by atoms with Crippen LogP contribution in [0.25, 0.3) is 11.1 Å². The van der Waals surface area contributed by atoms with Crippen LogP contribution in [0.1, 0.15) is 15.9 Å². The first-order chi connectivity index (χ1) is 13.6. The van der Waals surface area contributed by atoms with E-state index < -0.39 is 0 Å². The van der Waals surface area contributed by atoms with E-state index >= 15 is 0 Å². The summed E-state index contributed by atoms with van der Waals surface area (Å²) in [7, 11) is 0. The van der Waals surface area contributed by atoms with Crippen LogP contribution >= 0.6 is 0 Å². The maximum atomic E-state index is 13.1. The summed E-state index contributed by atoms with van der Waals surface area (Å²) in [5.74, 6) is 2.61. The molecule has 0 bridgehead atoms. The summed E-state index contributed by atoms with van der Waals surface area (Å²) in [5, 5.41) is 4.26. The van der Waals surface area contributed by atoms with Crippen molar-refractivity contribution in [1.29, 1.82) is 0 Å². The molecular weight excluding hydrogens is 356 g/mol. The van der Waals surface area contributed by atoms with Crippen molar-refractivity contribution in [3.05, 3.63) is 48.0 Å². The third-order valence-electron chi connectivity index (χ3n) is 4.57. The van der Waals surface area contributed by atoms with Crippen LogP contribution in [0.4, 0.5) is 11.5 Å². The van der Waals surface area contributed by atoms with Gasteiger partial charge in [0.1, 0.15) is 30.9 Å². The Kier molecular flexibility index (Phi) is 4.41. The summed E-state index contributed by atoms with van der Waals surface area (Å²) in [6, 6.07) is 5.81. The second-order valence-electron chi connectivity index (χ2n) is 6.37. The second kappa shape index (κ2) is 7.04. The average molecular weight is 374 g/mol. The number of fused-ring (bicyclic) bond motifs is 1. The van der Waals surface area contributed by atoms with Gasteiger partial charge in [0.15, 0.2) is 0 Å². The predicted octanol–water partition coefficient (Wildman–Crippen LogP) is 1.90. The van der Waals surface area contributed by atoms with E-state index in [4.69, 9.17) is 16.9 Å². The molecule has 3 aromatic rings. The molecule has 8 heteroatoms. The van der Waals surface area contributed by atoms with E-state index in [1.165, 1.54) is 6.33 Å². The van der Waals surface area contributed by atoms with Crippen molar-refractivity contribution >= 4 is 17.4 Å². The first-order valence-corrected chi connectivity index (χ1v) is 8.70. The molecule has 140 valence electrons. The zero-order chi connectivity index (χ0) is 19.7. The van der Waals surface area contributed by atoms with Gasteiger partial charge in [-0.1, -0.05) is 12.0 Å². The van der Waals surface area contributed by atoms with E-state index in [1.54, 1.807) is 15.8 Å². The fourth-order valence-corrected chi connectivity index (χ4v) is 3.23. The number of anilines is 2. The van der Waals surface area contributed by atoms with Crippen LogP contribution < -0.4 is 15.4 Å². The van der Waals surface area contributed by atoms with Crippen LogP contribution in [-0.2, 0) is 6.54 Å². The third-order valence-corrected chi connectivity index (χ3v) is 4.57. The normalized spacial score (nSPS) is 13.4. The van der Waals surface area contributed by atoms with Crippen molar-refractivity contribution in [2.24, 2.45) is 0 Å². The Labute approximate surface area is 162 Å². The standard InChI is InChI=1S/C20H18N6O2/c1-3-6-25-11-14(10-24-25)16-5-4-15(9-13(16)2)26-7-8-28-19-17(20(26)27)18(21)22-12-23-19/h1,4-5,9-12H,6-8H2,2H3,(H2,21,22,23). The van der Waals surface area contributed by atoms with Crippen LogP contribution in [0.15, 0.2) is 36.9 Å². The molecule has 0 unspecified atom stereocenters. The monoisotopic (exact) mass is 374 g/mol. The molecule has 0 spiro atoms. The van der Waals surface area contributed by atoms with E-state index in [-0.39, 0.29) is 23.2 Å². The number of nitrogens with two attached hydrogens (primary N) is 1. The Bertz CT molecular complexity index is 1100. The maximum Gasteiger partial charge on any atom is 0.267 e. The fourth-order valence-electron chi connectivity index (χ4n) is 3.23. The van der Waals surface area contributed by atoms with Gasteiger partial charge in [-0.2, -0.15) is 5.10 Å². The number of hydrogen-bond acceptors (Lipinski definition) is 6. The van der Waals surface area contributed by atoms with Gasteiger partial charge in [-0.3, -0.25) is 9.48 Å². The Hall–Kier alpha value is -3.86. The molecule has 2 aromatic heterocycles. The number of benzene rings is 1. The lowest BCUT2D eigenvalue weighted by atomic mass is 10.0. The number of nitrogens with zero attached hydrogens (tertiary/aromatic N) is 5. The van der Waals surface area contributed by atoms with Crippen LogP contribution in [0.3, 0.4) is 0 Å². The zero-order valence-corrected chi connectivity index (χ0v) is 15.3. The highest BCUT2D eigenvalue weighted by atomic mass is 16.5. The lowest BCUT2D eigenvalue weighted by Crippen LogP contribution is -2.32. The second-order valence-corrected chi connectivity index (χ2v) is 6.37. The van der Waals surface area contributed by atoms with Gasteiger partial charge in [0.2, 0.25) is 5.88 Å². The number of carbonyl (C=O) groups is 1. The van der Waals surface area contributed by atoms with Crippen LogP contribution in [0.5, 0.6) is 5.88 Å². The summed E-state index contributed by atoms with van der Waals surface area (Å²) in [6.45, 7) is 3.10. The quantitative estimate of drug-likeness (QED) is 0.703. The molecule has 0 saturated carbocycles. The van der Waals surface area contributed by atoms with Crippen molar-refractivity contribution in [3.8, 4) is 29.4 Å². The minimum Gasteiger partial charge on any atom is -0.475 e. The van der Waals surface area contributed by atoms with Crippen molar-refractivity contribution in [2.45, 2.75) is 13.5 Å². The highest BCUT2D eigenvalue weighted by Gasteiger charge is 2.28. The molecule has 8 nitrogen and oxygen atoms in total. The number of carbonyl (C=O) groups excluding carboxylic acids is 1. The third kappa shape index (κ3) is 3.03. The molecule has 1 aromatic carbocycles. The van der Waals surface area contributed by atoms with Crippen LogP contribution in [-0.4, -0.2) is 38.8 Å². The van der Waals surface area contributed by atoms with Gasteiger partial charge in [-0.15, -0.1) is 6.42 Å². The van der Waals surface area contributed by atoms with Gasteiger partial charge in [0.25, 0.3) is 5.91 Å². The van der Waals surface area contributed by atoms with E-state index in [0.29, 0.717) is 19.7 Å². The number of nitrogen functional groups attached to an aromatic ring is 1. The van der Waals surface area contributed by atoms with E-state index in [9.17, 15) is 4.79 Å². The summed E-state index contributed by atoms with van der Waals surface area (Å²) in [6.07, 6.45) is 10.3. The number of hydrogen-bond donors (Lipinski definition) is 1. The SMILES string of the molecule is C#CCn1cc(-c2ccc(N3CCOc4ncnc(N)c4C3=O)cc2C)cn1. The Morgan fingerprint density at radius 2 is 2.21 bits per heavy atom. The lowest BCUT2D eigenvalue weighted by Gasteiger charge is -2.21. The molecule has 3 heterocycles. The van der Waals surface area contributed by atoms with Gasteiger partial charge in [-0.05, 0) is 30.2 Å². The smallest absolute Gasteiger partial charge is 0.267 e. The van der Waals surface area contributed by atoms with Gasteiger partial charge >= 0.3 is 0 Å². The van der Waals surface area contributed by atoms with Crippen molar-refractivity contribution < 1.29 is 9.53 Å². The van der Waals surface area contributed by atoms with Crippen LogP contribution in [0, 0.1) is 19.3 Å². The highest BCUT2D eigenvalue weighted by molar-refractivity contribution is 6.10. The Morgan fingerprint density at radius 1 is 1.36 bits per heavy atom. The molecule has 1 aliphatic heterocycles. The molecule has 1 amide bonds. The minimum absolute atomic E-state index is 0.108. The average Bonchev–Trinajstić information content (AvgIpc) is 3.06. The number of amides is 1. The van der Waals surface area contributed by atoms with E-state index in [1.807, 2.05) is 31.3 Å². The molecule has 0 aliphatic carbocycles. The fraction of sp³-hybridized carbons (Fsp3) is 0.200. The molecule has 0 fully saturated rings. The predicted molar refractivity (Wildman–Crippen MR) is 105 cm³/mol. The van der Waals surface area contributed by atoms with Gasteiger partial charge in [-0.25, -0.2) is 9.97 Å². The van der Waals surface area contributed by atoms with Gasteiger partial charge in [0, 0.05) is 17.4 Å². The zero-order valence-electron chi connectivity index (χ0n) is 15.3. The maximum absolute atomic E-state index is 13.1. The summed E-state index contributed by atoms with van der Waals surface area (Å²) in [5.41, 5.74) is 9.84. The van der Waals surface area contributed by atoms with Crippen LogP contribution in [0.2, 0.25) is 0 Å². The molecule has 0 radical (unpaired) electrons. The summed E-state index contributed by atoms with van der Waals surface area (Å²) < 4.78 is 7.29. The molecule has 2 N–H and O–H groups in total. The van der Waals surface area contributed by atoms with Crippen molar-refractivity contribution in [3.63, 3.8) is 0 Å². The summed E-state index contributed by atoms with van der Waals surface area (Å²) in [4.78, 5) is 22.6. The molecule has 4 rings (SSSR count). The highest BCUT2D eigenvalue weighted by Crippen LogP contribution is 2.31. The summed E-state index contributed by atoms with van der Waals surface area (Å²) >= 11 is 0. The van der Waals surface area contributed by atoms with Gasteiger partial charge < -0.3 is 15.4 Å². The molecule has 28 heavy (non-hydrogen) atoms. The molecule has 0 atom stereocenters. The Morgan fingerprint density at radius 3 is 3.00 bits per heavy atom. The topological polar surface area (TPSA) is 99.2 Å². The lowest BCUT2D eigenvalue weighted by molar-refractivity contribution is 0.0990. The first kappa shape index (κ1) is 17.5. The number of rotatable bonds is 3. The molecular formula is C20H18N6O2. The Balaban J connectivity index is 1.68. The number of aromatic nitrogens is 4. The number of aryl methyl sites for hydroxylation is 1. The largest absolute Gasteiger partial charge is 0.475 e.